The standard InChI is InChI=1S/C15H19N3O/c1-3-15(19)14-7-6-13(10-17-14)18(2)11-12-5-4-8-16-9-12/h4-10,15,19H,3,11H2,1-2H3. The predicted octanol–water partition coefficient (Wildman–Crippen LogP) is 2.56. The Hall–Kier alpha value is -1.94. The molecule has 19 heavy (non-hydrogen) atoms. The van der Waals surface area contributed by atoms with E-state index in [1.807, 2.05) is 44.4 Å². The molecule has 4 heteroatoms. The molecule has 0 bridgehead atoms. The fraction of sp³-hybridized carbons (Fsp3) is 0.333. The van der Waals surface area contributed by atoms with Crippen molar-refractivity contribution in [2.24, 2.45) is 0 Å². The summed E-state index contributed by atoms with van der Waals surface area (Å²) >= 11 is 0. The predicted molar refractivity (Wildman–Crippen MR) is 75.8 cm³/mol. The zero-order valence-corrected chi connectivity index (χ0v) is 11.3. The molecule has 0 saturated heterocycles. The lowest BCUT2D eigenvalue weighted by Crippen LogP contribution is -2.16. The van der Waals surface area contributed by atoms with E-state index in [1.165, 1.54) is 0 Å². The van der Waals surface area contributed by atoms with E-state index >= 15 is 0 Å². The normalized spacial score (nSPS) is 12.2. The fourth-order valence-electron chi connectivity index (χ4n) is 1.89. The smallest absolute Gasteiger partial charge is 0.0957 e. The molecule has 1 unspecified atom stereocenters. The Bertz CT molecular complexity index is 499. The van der Waals surface area contributed by atoms with Crippen molar-refractivity contribution in [3.05, 3.63) is 54.1 Å². The Morgan fingerprint density at radius 3 is 2.68 bits per heavy atom. The van der Waals surface area contributed by atoms with Crippen molar-refractivity contribution >= 4 is 5.69 Å². The molecule has 1 atom stereocenters. The molecule has 0 spiro atoms. The molecule has 0 radical (unpaired) electrons. The Balaban J connectivity index is 2.05. The molecule has 0 saturated carbocycles. The van der Waals surface area contributed by atoms with Gasteiger partial charge in [0, 0.05) is 26.0 Å². The highest BCUT2D eigenvalue weighted by atomic mass is 16.3. The number of aromatic nitrogens is 2. The molecule has 2 rings (SSSR count). The van der Waals surface area contributed by atoms with Crippen LogP contribution in [0.5, 0.6) is 0 Å². The average molecular weight is 257 g/mol. The topological polar surface area (TPSA) is 49.2 Å². The summed E-state index contributed by atoms with van der Waals surface area (Å²) in [5.74, 6) is 0. The molecule has 0 fully saturated rings. The first-order chi connectivity index (χ1) is 9.20. The number of hydrogen-bond acceptors (Lipinski definition) is 4. The van der Waals surface area contributed by atoms with Gasteiger partial charge in [0.25, 0.3) is 0 Å². The number of hydrogen-bond donors (Lipinski definition) is 1. The molecule has 2 aromatic rings. The molecule has 4 nitrogen and oxygen atoms in total. The monoisotopic (exact) mass is 257 g/mol. The van der Waals surface area contributed by atoms with Crippen LogP contribution in [0.4, 0.5) is 5.69 Å². The van der Waals surface area contributed by atoms with Gasteiger partial charge < -0.3 is 10.0 Å². The summed E-state index contributed by atoms with van der Waals surface area (Å²) in [7, 11) is 2.01. The minimum absolute atomic E-state index is 0.474. The summed E-state index contributed by atoms with van der Waals surface area (Å²) in [6.07, 6.45) is 5.63. The maximum atomic E-state index is 9.71. The summed E-state index contributed by atoms with van der Waals surface area (Å²) < 4.78 is 0. The Labute approximate surface area is 113 Å². The molecule has 0 aliphatic heterocycles. The van der Waals surface area contributed by atoms with Gasteiger partial charge in [-0.05, 0) is 30.2 Å². The van der Waals surface area contributed by atoms with Gasteiger partial charge in [0.05, 0.1) is 23.7 Å². The van der Waals surface area contributed by atoms with E-state index < -0.39 is 6.10 Å². The van der Waals surface area contributed by atoms with Crippen LogP contribution in [0.15, 0.2) is 42.9 Å². The summed E-state index contributed by atoms with van der Waals surface area (Å²) in [4.78, 5) is 10.5. The van der Waals surface area contributed by atoms with Crippen molar-refractivity contribution in [3.63, 3.8) is 0 Å². The molecule has 2 heterocycles. The SMILES string of the molecule is CCC(O)c1ccc(N(C)Cc2cccnc2)cn1. The minimum atomic E-state index is -0.474. The number of pyridine rings is 2. The third-order valence-corrected chi connectivity index (χ3v) is 3.08. The summed E-state index contributed by atoms with van der Waals surface area (Å²) in [5, 5.41) is 9.71. The van der Waals surface area contributed by atoms with Crippen molar-refractivity contribution < 1.29 is 5.11 Å². The highest BCUT2D eigenvalue weighted by molar-refractivity contribution is 5.44. The fourth-order valence-corrected chi connectivity index (χ4v) is 1.89. The van der Waals surface area contributed by atoms with E-state index in [0.29, 0.717) is 6.42 Å². The largest absolute Gasteiger partial charge is 0.387 e. The van der Waals surface area contributed by atoms with Crippen LogP contribution in [0.2, 0.25) is 0 Å². The van der Waals surface area contributed by atoms with Crippen LogP contribution < -0.4 is 4.90 Å². The molecule has 2 aromatic heterocycles. The lowest BCUT2D eigenvalue weighted by molar-refractivity contribution is 0.169. The first-order valence-corrected chi connectivity index (χ1v) is 6.44. The lowest BCUT2D eigenvalue weighted by atomic mass is 10.2. The number of anilines is 1. The summed E-state index contributed by atoms with van der Waals surface area (Å²) in [6.45, 7) is 2.72. The van der Waals surface area contributed by atoms with Crippen molar-refractivity contribution in [2.75, 3.05) is 11.9 Å². The van der Waals surface area contributed by atoms with Gasteiger partial charge >= 0.3 is 0 Å². The maximum Gasteiger partial charge on any atom is 0.0957 e. The first-order valence-electron chi connectivity index (χ1n) is 6.44. The second kappa shape index (κ2) is 6.29. The minimum Gasteiger partial charge on any atom is -0.387 e. The van der Waals surface area contributed by atoms with Crippen LogP contribution in [-0.4, -0.2) is 22.1 Å². The summed E-state index contributed by atoms with van der Waals surface area (Å²) in [5.41, 5.74) is 2.90. The number of nitrogens with zero attached hydrogens (tertiary/aromatic N) is 3. The van der Waals surface area contributed by atoms with Crippen LogP contribution in [0, 0.1) is 0 Å². The van der Waals surface area contributed by atoms with E-state index in [2.05, 4.69) is 14.9 Å². The zero-order chi connectivity index (χ0) is 13.7. The Morgan fingerprint density at radius 2 is 2.11 bits per heavy atom. The molecule has 100 valence electrons. The van der Waals surface area contributed by atoms with Crippen LogP contribution in [0.25, 0.3) is 0 Å². The van der Waals surface area contributed by atoms with Crippen LogP contribution in [0.3, 0.4) is 0 Å². The van der Waals surface area contributed by atoms with E-state index in [0.717, 1.165) is 23.5 Å². The quantitative estimate of drug-likeness (QED) is 0.894. The Kier molecular flexibility index (Phi) is 4.47. The second-order valence-electron chi connectivity index (χ2n) is 4.58. The first kappa shape index (κ1) is 13.5. The number of rotatable bonds is 5. The van der Waals surface area contributed by atoms with Gasteiger partial charge in [-0.3, -0.25) is 9.97 Å². The van der Waals surface area contributed by atoms with E-state index in [1.54, 1.807) is 12.4 Å². The van der Waals surface area contributed by atoms with Gasteiger partial charge in [-0.2, -0.15) is 0 Å². The molecular formula is C15H19N3O. The van der Waals surface area contributed by atoms with Gasteiger partial charge in [0.2, 0.25) is 0 Å². The van der Waals surface area contributed by atoms with Gasteiger partial charge in [-0.15, -0.1) is 0 Å². The molecule has 0 aromatic carbocycles. The van der Waals surface area contributed by atoms with Gasteiger partial charge in [-0.25, -0.2) is 0 Å². The second-order valence-corrected chi connectivity index (χ2v) is 4.58. The van der Waals surface area contributed by atoms with Gasteiger partial charge in [0.1, 0.15) is 0 Å². The van der Waals surface area contributed by atoms with E-state index in [-0.39, 0.29) is 0 Å². The van der Waals surface area contributed by atoms with Gasteiger partial charge in [-0.1, -0.05) is 13.0 Å². The molecule has 0 aliphatic rings. The van der Waals surface area contributed by atoms with Crippen LogP contribution in [-0.2, 0) is 6.54 Å². The zero-order valence-electron chi connectivity index (χ0n) is 11.3. The number of aliphatic hydroxyl groups excluding tert-OH is 1. The lowest BCUT2D eigenvalue weighted by Gasteiger charge is -2.19. The van der Waals surface area contributed by atoms with Crippen molar-refractivity contribution in [2.45, 2.75) is 26.0 Å². The maximum absolute atomic E-state index is 9.71. The van der Waals surface area contributed by atoms with Crippen molar-refractivity contribution in [3.8, 4) is 0 Å². The Morgan fingerprint density at radius 1 is 1.26 bits per heavy atom. The van der Waals surface area contributed by atoms with Crippen molar-refractivity contribution in [1.29, 1.82) is 0 Å². The van der Waals surface area contributed by atoms with E-state index in [9.17, 15) is 5.11 Å². The third-order valence-electron chi connectivity index (χ3n) is 3.08. The van der Waals surface area contributed by atoms with Crippen LogP contribution in [0.1, 0.15) is 30.7 Å². The summed E-state index contributed by atoms with van der Waals surface area (Å²) in [6, 6.07) is 7.84. The molecule has 0 amide bonds. The van der Waals surface area contributed by atoms with Crippen LogP contribution >= 0.6 is 0 Å². The number of aliphatic hydroxyl groups is 1. The molecule has 0 aliphatic carbocycles. The molecular weight excluding hydrogens is 238 g/mol. The highest BCUT2D eigenvalue weighted by Crippen LogP contribution is 2.18. The third kappa shape index (κ3) is 3.51. The van der Waals surface area contributed by atoms with Crippen molar-refractivity contribution in [1.82, 2.24) is 9.97 Å². The van der Waals surface area contributed by atoms with E-state index in [4.69, 9.17) is 0 Å². The molecule has 1 N–H and O–H groups in total. The highest BCUT2D eigenvalue weighted by Gasteiger charge is 2.07. The van der Waals surface area contributed by atoms with Gasteiger partial charge in [0.15, 0.2) is 0 Å². The average Bonchev–Trinajstić information content (AvgIpc) is 2.47.